The fourth-order valence-electron chi connectivity index (χ4n) is 5.04. The van der Waals surface area contributed by atoms with Crippen molar-refractivity contribution in [2.75, 3.05) is 6.54 Å². The number of amides is 1. The second-order valence-electron chi connectivity index (χ2n) is 8.57. The van der Waals surface area contributed by atoms with Crippen molar-refractivity contribution < 1.29 is 13.6 Å². The normalized spacial score (nSPS) is 20.5. The summed E-state index contributed by atoms with van der Waals surface area (Å²) in [4.78, 5) is 27.4. The molecule has 1 unspecified atom stereocenters. The summed E-state index contributed by atoms with van der Waals surface area (Å²) in [5.74, 6) is 0.0229. The van der Waals surface area contributed by atoms with Crippen molar-refractivity contribution in [1.29, 1.82) is 0 Å². The number of rotatable bonds is 6. The van der Waals surface area contributed by atoms with Crippen LogP contribution in [0.4, 0.5) is 8.78 Å². The van der Waals surface area contributed by atoms with Gasteiger partial charge in [0.15, 0.2) is 5.65 Å². The van der Waals surface area contributed by atoms with Gasteiger partial charge in [-0.25, -0.2) is 8.78 Å². The van der Waals surface area contributed by atoms with Gasteiger partial charge in [-0.15, -0.1) is 0 Å². The molecule has 8 heteroatoms. The van der Waals surface area contributed by atoms with Crippen LogP contribution in [0, 0.1) is 0 Å². The van der Waals surface area contributed by atoms with Crippen molar-refractivity contribution in [1.82, 2.24) is 19.2 Å². The lowest BCUT2D eigenvalue weighted by atomic mass is 9.99. The maximum atomic E-state index is 13.6. The van der Waals surface area contributed by atoms with Crippen molar-refractivity contribution in [3.63, 3.8) is 0 Å². The first-order chi connectivity index (χ1) is 14.5. The highest BCUT2D eigenvalue weighted by Crippen LogP contribution is 2.32. The monoisotopic (exact) mass is 420 g/mol. The number of aryl methyl sites for hydroxylation is 1. The largest absolute Gasteiger partial charge is 0.340 e. The number of nitrogens with zero attached hydrogens (tertiary/aromatic N) is 4. The molecule has 30 heavy (non-hydrogen) atoms. The van der Waals surface area contributed by atoms with E-state index in [1.54, 1.807) is 10.9 Å². The highest BCUT2D eigenvalue weighted by atomic mass is 19.3. The minimum Gasteiger partial charge on any atom is -0.340 e. The van der Waals surface area contributed by atoms with E-state index in [1.165, 1.54) is 4.57 Å². The molecule has 6 nitrogen and oxygen atoms in total. The van der Waals surface area contributed by atoms with Crippen LogP contribution >= 0.6 is 0 Å². The van der Waals surface area contributed by atoms with E-state index in [-0.39, 0.29) is 42.2 Å². The zero-order chi connectivity index (χ0) is 21.3. The predicted molar refractivity (Wildman–Crippen MR) is 111 cm³/mol. The predicted octanol–water partition coefficient (Wildman–Crippen LogP) is 4.43. The molecule has 4 rings (SSSR count). The molecule has 1 aliphatic carbocycles. The number of halogens is 2. The Morgan fingerprint density at radius 3 is 2.63 bits per heavy atom. The number of carbonyl (C=O) groups excluding carboxylic acids is 1. The lowest BCUT2D eigenvalue weighted by Crippen LogP contribution is -2.43. The quantitative estimate of drug-likeness (QED) is 0.695. The summed E-state index contributed by atoms with van der Waals surface area (Å²) in [6.45, 7) is 3.00. The lowest BCUT2D eigenvalue weighted by Gasteiger charge is -2.35. The third-order valence-electron chi connectivity index (χ3n) is 6.73. The van der Waals surface area contributed by atoms with Gasteiger partial charge in [-0.2, -0.15) is 5.10 Å². The Labute approximate surface area is 174 Å². The van der Waals surface area contributed by atoms with E-state index in [0.717, 1.165) is 64.0 Å². The van der Waals surface area contributed by atoms with Gasteiger partial charge in [0.1, 0.15) is 0 Å². The molecular formula is C22H30F2N4O2. The molecule has 0 radical (unpaired) electrons. The van der Waals surface area contributed by atoms with Gasteiger partial charge >= 0.3 is 0 Å². The number of aromatic nitrogens is 3. The fraction of sp³-hybridized carbons (Fsp3) is 0.682. The summed E-state index contributed by atoms with van der Waals surface area (Å²) in [7, 11) is 0. The van der Waals surface area contributed by atoms with Crippen LogP contribution in [0.3, 0.4) is 0 Å². The summed E-state index contributed by atoms with van der Waals surface area (Å²) in [6, 6.07) is 1.45. The third kappa shape index (κ3) is 4.01. The van der Waals surface area contributed by atoms with E-state index in [2.05, 4.69) is 12.0 Å². The van der Waals surface area contributed by atoms with Gasteiger partial charge in [0.25, 0.3) is 12.0 Å². The zero-order valence-electron chi connectivity index (χ0n) is 17.5. The number of carbonyl (C=O) groups is 1. The van der Waals surface area contributed by atoms with Gasteiger partial charge in [-0.1, -0.05) is 19.8 Å². The van der Waals surface area contributed by atoms with Crippen LogP contribution in [0.5, 0.6) is 0 Å². The zero-order valence-corrected chi connectivity index (χ0v) is 17.5. The van der Waals surface area contributed by atoms with Gasteiger partial charge in [0.2, 0.25) is 5.91 Å². The number of alkyl halides is 2. The number of piperidine rings is 1. The highest BCUT2D eigenvalue weighted by molar-refractivity contribution is 5.80. The molecule has 164 valence electrons. The van der Waals surface area contributed by atoms with Crippen LogP contribution < -0.4 is 5.56 Å². The Balaban J connectivity index is 1.63. The average Bonchev–Trinajstić information content (AvgIpc) is 3.42. The van der Waals surface area contributed by atoms with Gasteiger partial charge in [0, 0.05) is 48.8 Å². The SMILES string of the molecule is CCC1CCCCN1C(=O)CCn1c(=O)cc(C(F)F)c2cn(C3CCCC3)nc21. The van der Waals surface area contributed by atoms with Crippen molar-refractivity contribution in [3.8, 4) is 0 Å². The first-order valence-electron chi connectivity index (χ1n) is 11.2. The van der Waals surface area contributed by atoms with E-state index in [1.807, 2.05) is 4.90 Å². The molecule has 1 atom stereocenters. The number of pyridine rings is 1. The average molecular weight is 421 g/mol. The van der Waals surface area contributed by atoms with Gasteiger partial charge in [-0.3, -0.25) is 18.8 Å². The van der Waals surface area contributed by atoms with Crippen LogP contribution in [0.2, 0.25) is 0 Å². The van der Waals surface area contributed by atoms with E-state index in [0.29, 0.717) is 5.39 Å². The molecule has 1 saturated carbocycles. The Morgan fingerprint density at radius 2 is 1.93 bits per heavy atom. The van der Waals surface area contributed by atoms with Crippen molar-refractivity contribution in [2.24, 2.45) is 0 Å². The minimum absolute atomic E-state index is 0.0229. The Bertz CT molecular complexity index is 962. The minimum atomic E-state index is -2.74. The lowest BCUT2D eigenvalue weighted by molar-refractivity contribution is -0.135. The number of hydrogen-bond acceptors (Lipinski definition) is 3. The van der Waals surface area contributed by atoms with Crippen molar-refractivity contribution >= 4 is 16.9 Å². The molecule has 0 bridgehead atoms. The second-order valence-corrected chi connectivity index (χ2v) is 8.57. The molecule has 0 N–H and O–H groups in total. The molecule has 1 amide bonds. The first-order valence-corrected chi connectivity index (χ1v) is 11.2. The van der Waals surface area contributed by atoms with Crippen molar-refractivity contribution in [3.05, 3.63) is 28.2 Å². The first kappa shape index (κ1) is 21.0. The number of fused-ring (bicyclic) bond motifs is 1. The molecule has 3 heterocycles. The Morgan fingerprint density at radius 1 is 1.20 bits per heavy atom. The maximum absolute atomic E-state index is 13.6. The van der Waals surface area contributed by atoms with Crippen LogP contribution in [-0.2, 0) is 11.3 Å². The summed E-state index contributed by atoms with van der Waals surface area (Å²) in [5.41, 5.74) is -0.528. The summed E-state index contributed by atoms with van der Waals surface area (Å²) >= 11 is 0. The fourth-order valence-corrected chi connectivity index (χ4v) is 5.04. The number of hydrogen-bond donors (Lipinski definition) is 0. The summed E-state index contributed by atoms with van der Waals surface area (Å²) in [5, 5.41) is 4.85. The van der Waals surface area contributed by atoms with E-state index in [4.69, 9.17) is 0 Å². The van der Waals surface area contributed by atoms with Crippen LogP contribution in [-0.4, -0.2) is 37.7 Å². The van der Waals surface area contributed by atoms with Crippen LogP contribution in [0.1, 0.15) is 82.7 Å². The molecule has 2 fully saturated rings. The van der Waals surface area contributed by atoms with Gasteiger partial charge in [0.05, 0.1) is 6.04 Å². The molecule has 1 saturated heterocycles. The van der Waals surface area contributed by atoms with Crippen molar-refractivity contribution in [2.45, 2.75) is 89.8 Å². The van der Waals surface area contributed by atoms with Gasteiger partial charge < -0.3 is 4.90 Å². The van der Waals surface area contributed by atoms with E-state index in [9.17, 15) is 18.4 Å². The topological polar surface area (TPSA) is 60.1 Å². The second kappa shape index (κ2) is 8.86. The third-order valence-corrected chi connectivity index (χ3v) is 6.73. The molecule has 0 aromatic carbocycles. The number of likely N-dealkylation sites (tertiary alicyclic amines) is 1. The van der Waals surface area contributed by atoms with Gasteiger partial charge in [-0.05, 0) is 38.5 Å². The summed E-state index contributed by atoms with van der Waals surface area (Å²) in [6.07, 6.45) is 7.29. The molecular weight excluding hydrogens is 390 g/mol. The molecule has 0 spiro atoms. The smallest absolute Gasteiger partial charge is 0.264 e. The summed E-state index contributed by atoms with van der Waals surface area (Å²) < 4.78 is 30.3. The molecule has 2 aliphatic rings. The van der Waals surface area contributed by atoms with Crippen LogP contribution in [0.25, 0.3) is 11.0 Å². The maximum Gasteiger partial charge on any atom is 0.264 e. The van der Waals surface area contributed by atoms with E-state index >= 15 is 0 Å². The van der Waals surface area contributed by atoms with E-state index < -0.39 is 12.0 Å². The standard InChI is InChI=1S/C22H30F2N4O2/c1-2-15-7-5-6-11-26(15)19(29)10-12-27-20(30)13-17(21(23)24)18-14-28(25-22(18)27)16-8-3-4-9-16/h13-16,21H,2-12H2,1H3. The molecule has 2 aromatic heterocycles. The Hall–Kier alpha value is -2.25. The molecule has 1 aliphatic heterocycles. The highest BCUT2D eigenvalue weighted by Gasteiger charge is 2.26. The Kier molecular flexibility index (Phi) is 6.20. The van der Waals surface area contributed by atoms with Crippen LogP contribution in [0.15, 0.2) is 17.1 Å². The molecule has 2 aromatic rings.